The van der Waals surface area contributed by atoms with Crippen LogP contribution in [0.5, 0.6) is 0 Å². The molecule has 0 radical (unpaired) electrons. The molecular formula is C13H15F3N2O. The second-order valence-corrected chi connectivity index (χ2v) is 4.58. The number of amides is 2. The van der Waals surface area contributed by atoms with Gasteiger partial charge in [-0.3, -0.25) is 0 Å². The van der Waals surface area contributed by atoms with Crippen LogP contribution >= 0.6 is 0 Å². The van der Waals surface area contributed by atoms with E-state index in [1.54, 1.807) is 4.90 Å². The van der Waals surface area contributed by atoms with E-state index in [1.807, 2.05) is 0 Å². The standard InChI is InChI=1S/C13H15F3N2O/c14-9-7-11(16)12(8-10(9)15)17-13(19)18-5-3-1-2-4-6-18/h7-8H,1-6H2,(H,17,19). The smallest absolute Gasteiger partial charge is 0.321 e. The minimum atomic E-state index is -1.27. The molecule has 6 heteroatoms. The van der Waals surface area contributed by atoms with Crippen LogP contribution in [0.4, 0.5) is 23.7 Å². The highest BCUT2D eigenvalue weighted by atomic mass is 19.2. The molecule has 1 aromatic rings. The number of hydrogen-bond donors (Lipinski definition) is 1. The van der Waals surface area contributed by atoms with E-state index in [-0.39, 0.29) is 5.69 Å². The van der Waals surface area contributed by atoms with Crippen LogP contribution in [0.25, 0.3) is 0 Å². The van der Waals surface area contributed by atoms with Crippen molar-refractivity contribution in [1.82, 2.24) is 4.90 Å². The van der Waals surface area contributed by atoms with Crippen molar-refractivity contribution in [2.75, 3.05) is 18.4 Å². The number of anilines is 1. The predicted octanol–water partition coefficient (Wildman–Crippen LogP) is 3.51. The molecule has 19 heavy (non-hydrogen) atoms. The fourth-order valence-corrected chi connectivity index (χ4v) is 2.09. The van der Waals surface area contributed by atoms with Gasteiger partial charge in [0.1, 0.15) is 5.82 Å². The Balaban J connectivity index is 2.07. The van der Waals surface area contributed by atoms with Gasteiger partial charge in [-0.15, -0.1) is 0 Å². The van der Waals surface area contributed by atoms with E-state index in [0.717, 1.165) is 25.7 Å². The zero-order chi connectivity index (χ0) is 13.8. The van der Waals surface area contributed by atoms with Crippen molar-refractivity contribution in [3.63, 3.8) is 0 Å². The molecule has 2 amide bonds. The molecule has 1 heterocycles. The summed E-state index contributed by atoms with van der Waals surface area (Å²) in [5.74, 6) is -3.44. The fraction of sp³-hybridized carbons (Fsp3) is 0.462. The van der Waals surface area contributed by atoms with Gasteiger partial charge in [-0.2, -0.15) is 0 Å². The molecule has 3 nitrogen and oxygen atoms in total. The molecule has 0 aromatic heterocycles. The molecule has 1 saturated heterocycles. The molecule has 0 atom stereocenters. The van der Waals surface area contributed by atoms with Crippen molar-refractivity contribution in [2.24, 2.45) is 0 Å². The second kappa shape index (κ2) is 5.95. The first kappa shape index (κ1) is 13.7. The maximum atomic E-state index is 13.4. The van der Waals surface area contributed by atoms with E-state index in [0.29, 0.717) is 25.2 Å². The summed E-state index contributed by atoms with van der Waals surface area (Å²) in [5, 5.41) is 2.28. The summed E-state index contributed by atoms with van der Waals surface area (Å²) in [6, 6.07) is 0.597. The zero-order valence-corrected chi connectivity index (χ0v) is 10.4. The van der Waals surface area contributed by atoms with Crippen LogP contribution < -0.4 is 5.32 Å². The summed E-state index contributed by atoms with van der Waals surface area (Å²) in [6.45, 7) is 1.19. The summed E-state index contributed by atoms with van der Waals surface area (Å²) in [7, 11) is 0. The van der Waals surface area contributed by atoms with Gasteiger partial charge >= 0.3 is 6.03 Å². The number of benzene rings is 1. The Bertz CT molecular complexity index is 471. The van der Waals surface area contributed by atoms with Crippen LogP contribution in [0.1, 0.15) is 25.7 Å². The Hall–Kier alpha value is -1.72. The van der Waals surface area contributed by atoms with Crippen molar-refractivity contribution in [1.29, 1.82) is 0 Å². The number of carbonyl (C=O) groups is 1. The lowest BCUT2D eigenvalue weighted by atomic mass is 10.2. The number of nitrogens with zero attached hydrogens (tertiary/aromatic N) is 1. The van der Waals surface area contributed by atoms with Gasteiger partial charge in [0.25, 0.3) is 0 Å². The molecule has 1 aliphatic rings. The lowest BCUT2D eigenvalue weighted by molar-refractivity contribution is 0.213. The largest absolute Gasteiger partial charge is 0.325 e. The first-order chi connectivity index (χ1) is 9.08. The maximum Gasteiger partial charge on any atom is 0.321 e. The predicted molar refractivity (Wildman–Crippen MR) is 65.4 cm³/mol. The molecule has 1 fully saturated rings. The van der Waals surface area contributed by atoms with E-state index in [2.05, 4.69) is 5.32 Å². The van der Waals surface area contributed by atoms with Gasteiger partial charge in [0.05, 0.1) is 5.69 Å². The molecule has 104 valence electrons. The Kier molecular flexibility index (Phi) is 4.29. The number of halogens is 3. The van der Waals surface area contributed by atoms with Crippen molar-refractivity contribution in [2.45, 2.75) is 25.7 Å². The number of rotatable bonds is 1. The third-order valence-electron chi connectivity index (χ3n) is 3.14. The van der Waals surface area contributed by atoms with Crippen LogP contribution in [-0.4, -0.2) is 24.0 Å². The number of nitrogens with one attached hydrogen (secondary N) is 1. The Morgan fingerprint density at radius 2 is 1.53 bits per heavy atom. The molecular weight excluding hydrogens is 257 g/mol. The normalized spacial score (nSPS) is 16.1. The molecule has 0 aliphatic carbocycles. The van der Waals surface area contributed by atoms with Crippen molar-refractivity contribution < 1.29 is 18.0 Å². The third-order valence-corrected chi connectivity index (χ3v) is 3.14. The van der Waals surface area contributed by atoms with Gasteiger partial charge in [-0.05, 0) is 12.8 Å². The molecule has 0 bridgehead atoms. The lowest BCUT2D eigenvalue weighted by Crippen LogP contribution is -2.35. The Labute approximate surface area is 109 Å². The quantitative estimate of drug-likeness (QED) is 0.779. The van der Waals surface area contributed by atoms with E-state index in [9.17, 15) is 18.0 Å². The number of urea groups is 1. The molecule has 0 spiro atoms. The summed E-state index contributed by atoms with van der Waals surface area (Å²) < 4.78 is 39.2. The fourth-order valence-electron chi connectivity index (χ4n) is 2.09. The van der Waals surface area contributed by atoms with Gasteiger partial charge in [0.2, 0.25) is 0 Å². The van der Waals surface area contributed by atoms with Gasteiger partial charge in [0, 0.05) is 25.2 Å². The highest BCUT2D eigenvalue weighted by Crippen LogP contribution is 2.19. The van der Waals surface area contributed by atoms with Crippen LogP contribution in [0.15, 0.2) is 12.1 Å². The molecule has 1 N–H and O–H groups in total. The SMILES string of the molecule is O=C(Nc1cc(F)c(F)cc1F)N1CCCCCC1. The van der Waals surface area contributed by atoms with Crippen LogP contribution in [0.3, 0.4) is 0 Å². The highest BCUT2D eigenvalue weighted by Gasteiger charge is 2.18. The summed E-state index contributed by atoms with van der Waals surface area (Å²) in [5.41, 5.74) is -0.340. The maximum absolute atomic E-state index is 13.4. The zero-order valence-electron chi connectivity index (χ0n) is 10.4. The first-order valence-electron chi connectivity index (χ1n) is 6.28. The highest BCUT2D eigenvalue weighted by molar-refractivity contribution is 5.89. The van der Waals surface area contributed by atoms with Crippen molar-refractivity contribution in [3.05, 3.63) is 29.6 Å². The van der Waals surface area contributed by atoms with Gasteiger partial charge in [-0.25, -0.2) is 18.0 Å². The topological polar surface area (TPSA) is 32.3 Å². The molecule has 0 saturated carbocycles. The average molecular weight is 272 g/mol. The van der Waals surface area contributed by atoms with Crippen LogP contribution in [0, 0.1) is 17.5 Å². The minimum absolute atomic E-state index is 0.340. The van der Waals surface area contributed by atoms with Gasteiger partial charge < -0.3 is 10.2 Å². The summed E-state index contributed by atoms with van der Waals surface area (Å²) in [6.07, 6.45) is 3.91. The van der Waals surface area contributed by atoms with E-state index >= 15 is 0 Å². The molecule has 1 aromatic carbocycles. The molecule has 1 aliphatic heterocycles. The van der Waals surface area contributed by atoms with E-state index < -0.39 is 23.5 Å². The second-order valence-electron chi connectivity index (χ2n) is 4.58. The van der Waals surface area contributed by atoms with Gasteiger partial charge in [0.15, 0.2) is 11.6 Å². The molecule has 0 unspecified atom stereocenters. The Morgan fingerprint density at radius 3 is 2.16 bits per heavy atom. The molecule has 2 rings (SSSR count). The minimum Gasteiger partial charge on any atom is -0.325 e. The third kappa shape index (κ3) is 3.39. The van der Waals surface area contributed by atoms with Crippen LogP contribution in [0.2, 0.25) is 0 Å². The van der Waals surface area contributed by atoms with E-state index in [1.165, 1.54) is 0 Å². The summed E-state index contributed by atoms with van der Waals surface area (Å²) >= 11 is 0. The Morgan fingerprint density at radius 1 is 0.947 bits per heavy atom. The van der Waals surface area contributed by atoms with Crippen molar-refractivity contribution in [3.8, 4) is 0 Å². The number of hydrogen-bond acceptors (Lipinski definition) is 1. The summed E-state index contributed by atoms with van der Waals surface area (Å²) in [4.78, 5) is 13.5. The van der Waals surface area contributed by atoms with E-state index in [4.69, 9.17) is 0 Å². The van der Waals surface area contributed by atoms with Crippen molar-refractivity contribution >= 4 is 11.7 Å². The lowest BCUT2D eigenvalue weighted by Gasteiger charge is -2.21. The van der Waals surface area contributed by atoms with Crippen LogP contribution in [-0.2, 0) is 0 Å². The average Bonchev–Trinajstić information content (AvgIpc) is 2.64. The first-order valence-corrected chi connectivity index (χ1v) is 6.28. The number of carbonyl (C=O) groups excluding carboxylic acids is 1. The number of likely N-dealkylation sites (tertiary alicyclic amines) is 1. The van der Waals surface area contributed by atoms with Gasteiger partial charge in [-0.1, -0.05) is 12.8 Å². The monoisotopic (exact) mass is 272 g/mol.